The highest BCUT2D eigenvalue weighted by Gasteiger charge is 2.61. The summed E-state index contributed by atoms with van der Waals surface area (Å²) < 4.78 is 6.00. The van der Waals surface area contributed by atoms with E-state index in [1.165, 1.54) is 64.2 Å². The highest BCUT2D eigenvalue weighted by Crippen LogP contribution is 2.68. The summed E-state index contributed by atoms with van der Waals surface area (Å²) in [7, 11) is 0. The molecule has 1 saturated heterocycles. The van der Waals surface area contributed by atoms with Crippen LogP contribution in [-0.2, 0) is 4.74 Å². The third kappa shape index (κ3) is 2.97. The summed E-state index contributed by atoms with van der Waals surface area (Å²) in [5, 5.41) is 0. The van der Waals surface area contributed by atoms with E-state index in [2.05, 4.69) is 40.7 Å². The lowest BCUT2D eigenvalue weighted by atomic mass is 9.48. The predicted molar refractivity (Wildman–Crippen MR) is 117 cm³/mol. The van der Waals surface area contributed by atoms with Crippen LogP contribution >= 0.6 is 0 Å². The summed E-state index contributed by atoms with van der Waals surface area (Å²) in [6.45, 7) is 12.7. The summed E-state index contributed by atoms with van der Waals surface area (Å²) in [6, 6.07) is 0. The Bertz CT molecular complexity index is 634. The standard InChI is InChI=1S/C27H44O/c1-17(2)7-6-8-18(3)21-11-12-22-20-10-9-19-15-24-25(28-24)16-27(19,5)23(20)13-14-26(21,22)4/h10,17-19,21-25H,6-9,11-16H2,1-5H3/t18-,19-,21-,22+,23+,24?,25?,26-,27+/m1/s1. The molecular formula is C27H44O. The van der Waals surface area contributed by atoms with Crippen LogP contribution in [0.5, 0.6) is 0 Å². The van der Waals surface area contributed by atoms with Crippen LogP contribution in [0.4, 0.5) is 0 Å². The van der Waals surface area contributed by atoms with Gasteiger partial charge in [0.25, 0.3) is 0 Å². The highest BCUT2D eigenvalue weighted by atomic mass is 16.6. The zero-order valence-corrected chi connectivity index (χ0v) is 19.2. The molecule has 28 heavy (non-hydrogen) atoms. The fourth-order valence-electron chi connectivity index (χ4n) is 8.80. The van der Waals surface area contributed by atoms with Gasteiger partial charge in [0.15, 0.2) is 0 Å². The third-order valence-corrected chi connectivity index (χ3v) is 10.5. The molecule has 158 valence electrons. The van der Waals surface area contributed by atoms with Gasteiger partial charge in [-0.05, 0) is 91.3 Å². The maximum Gasteiger partial charge on any atom is 0.0847 e. The molecule has 9 atom stereocenters. The van der Waals surface area contributed by atoms with Crippen molar-refractivity contribution in [2.45, 2.75) is 111 Å². The summed E-state index contributed by atoms with van der Waals surface area (Å²) in [5.41, 5.74) is 3.03. The van der Waals surface area contributed by atoms with Gasteiger partial charge in [-0.2, -0.15) is 0 Å². The smallest absolute Gasteiger partial charge is 0.0847 e. The Hall–Kier alpha value is -0.300. The Morgan fingerprint density at radius 2 is 1.79 bits per heavy atom. The van der Waals surface area contributed by atoms with Crippen LogP contribution in [-0.4, -0.2) is 12.2 Å². The first-order valence-corrected chi connectivity index (χ1v) is 12.7. The molecule has 4 fully saturated rings. The van der Waals surface area contributed by atoms with Crippen LogP contribution in [0.25, 0.3) is 0 Å². The Balaban J connectivity index is 1.33. The van der Waals surface area contributed by atoms with Gasteiger partial charge in [0.05, 0.1) is 12.2 Å². The maximum absolute atomic E-state index is 6.00. The first kappa shape index (κ1) is 19.7. The van der Waals surface area contributed by atoms with Crippen molar-refractivity contribution in [3.63, 3.8) is 0 Å². The summed E-state index contributed by atoms with van der Waals surface area (Å²) in [5.74, 6) is 5.37. The van der Waals surface area contributed by atoms with E-state index in [-0.39, 0.29) is 0 Å². The summed E-state index contributed by atoms with van der Waals surface area (Å²) in [4.78, 5) is 0. The molecule has 0 aromatic rings. The zero-order valence-electron chi connectivity index (χ0n) is 19.2. The number of hydrogen-bond acceptors (Lipinski definition) is 1. The number of epoxide rings is 1. The molecule has 0 aromatic heterocycles. The van der Waals surface area contributed by atoms with Gasteiger partial charge >= 0.3 is 0 Å². The van der Waals surface area contributed by atoms with Gasteiger partial charge in [-0.25, -0.2) is 0 Å². The lowest BCUT2D eigenvalue weighted by Gasteiger charge is -2.56. The molecule has 0 amide bonds. The molecule has 3 saturated carbocycles. The highest BCUT2D eigenvalue weighted by molar-refractivity contribution is 5.28. The monoisotopic (exact) mass is 384 g/mol. The third-order valence-electron chi connectivity index (χ3n) is 10.5. The van der Waals surface area contributed by atoms with Gasteiger partial charge in [0.2, 0.25) is 0 Å². The molecule has 5 rings (SSSR count). The van der Waals surface area contributed by atoms with E-state index in [1.54, 1.807) is 0 Å². The molecule has 2 unspecified atom stereocenters. The molecule has 0 radical (unpaired) electrons. The van der Waals surface area contributed by atoms with Gasteiger partial charge in [-0.3, -0.25) is 0 Å². The average molecular weight is 385 g/mol. The molecule has 1 aliphatic heterocycles. The van der Waals surface area contributed by atoms with E-state index >= 15 is 0 Å². The molecule has 0 aromatic carbocycles. The average Bonchev–Trinajstić information content (AvgIpc) is 3.27. The van der Waals surface area contributed by atoms with Crippen LogP contribution in [0.1, 0.15) is 98.8 Å². The van der Waals surface area contributed by atoms with E-state index in [0.717, 1.165) is 35.5 Å². The summed E-state index contributed by atoms with van der Waals surface area (Å²) in [6.07, 6.45) is 18.2. The topological polar surface area (TPSA) is 12.5 Å². The normalized spacial score (nSPS) is 50.3. The second kappa shape index (κ2) is 6.86. The van der Waals surface area contributed by atoms with Crippen molar-refractivity contribution in [3.05, 3.63) is 11.6 Å². The second-order valence-electron chi connectivity index (χ2n) is 12.4. The zero-order chi connectivity index (χ0) is 19.7. The predicted octanol–water partition coefficient (Wildman–Crippen LogP) is 7.41. The quantitative estimate of drug-likeness (QED) is 0.355. The van der Waals surface area contributed by atoms with Crippen molar-refractivity contribution >= 4 is 0 Å². The molecule has 4 aliphatic carbocycles. The van der Waals surface area contributed by atoms with E-state index in [1.807, 2.05) is 5.57 Å². The minimum absolute atomic E-state index is 0.532. The number of rotatable bonds is 5. The maximum atomic E-state index is 6.00. The van der Waals surface area contributed by atoms with E-state index in [4.69, 9.17) is 4.74 Å². The van der Waals surface area contributed by atoms with Gasteiger partial charge in [-0.1, -0.05) is 65.5 Å². The minimum atomic E-state index is 0.532. The number of fused-ring (bicyclic) bond motifs is 6. The Morgan fingerprint density at radius 3 is 2.57 bits per heavy atom. The van der Waals surface area contributed by atoms with E-state index in [9.17, 15) is 0 Å². The number of ether oxygens (including phenoxy) is 1. The van der Waals surface area contributed by atoms with Crippen molar-refractivity contribution in [1.82, 2.24) is 0 Å². The van der Waals surface area contributed by atoms with Gasteiger partial charge in [-0.15, -0.1) is 0 Å². The van der Waals surface area contributed by atoms with Crippen LogP contribution in [0.3, 0.4) is 0 Å². The molecule has 1 heteroatoms. The number of hydrogen-bond donors (Lipinski definition) is 0. The van der Waals surface area contributed by atoms with Crippen molar-refractivity contribution < 1.29 is 4.74 Å². The van der Waals surface area contributed by atoms with E-state index in [0.29, 0.717) is 23.0 Å². The van der Waals surface area contributed by atoms with Crippen LogP contribution in [0, 0.1) is 46.3 Å². The van der Waals surface area contributed by atoms with Gasteiger partial charge in [0.1, 0.15) is 0 Å². The Kier molecular flexibility index (Phi) is 4.81. The van der Waals surface area contributed by atoms with Crippen molar-refractivity contribution in [3.8, 4) is 0 Å². The summed E-state index contributed by atoms with van der Waals surface area (Å²) >= 11 is 0. The first-order chi connectivity index (χ1) is 13.3. The fraction of sp³-hybridized carbons (Fsp3) is 0.926. The van der Waals surface area contributed by atoms with Crippen molar-refractivity contribution in [2.75, 3.05) is 0 Å². The molecular weight excluding hydrogens is 340 g/mol. The second-order valence-corrected chi connectivity index (χ2v) is 12.4. The van der Waals surface area contributed by atoms with Gasteiger partial charge in [0, 0.05) is 0 Å². The first-order valence-electron chi connectivity index (χ1n) is 12.7. The lowest BCUT2D eigenvalue weighted by molar-refractivity contribution is -0.00172. The molecule has 0 spiro atoms. The molecule has 1 nitrogen and oxygen atoms in total. The van der Waals surface area contributed by atoms with Crippen molar-refractivity contribution in [1.29, 1.82) is 0 Å². The molecule has 0 N–H and O–H groups in total. The van der Waals surface area contributed by atoms with Crippen LogP contribution in [0.2, 0.25) is 0 Å². The lowest BCUT2D eigenvalue weighted by Crippen LogP contribution is -2.49. The van der Waals surface area contributed by atoms with Crippen LogP contribution < -0.4 is 0 Å². The van der Waals surface area contributed by atoms with Crippen LogP contribution in [0.15, 0.2) is 11.6 Å². The fourth-order valence-corrected chi connectivity index (χ4v) is 8.80. The largest absolute Gasteiger partial charge is 0.370 e. The van der Waals surface area contributed by atoms with Gasteiger partial charge < -0.3 is 4.74 Å². The SMILES string of the molecule is CC(C)CCC[C@@H](C)[C@H]1CC[C@H]2C3=CC[C@@H]4CC5OC5C[C@]4(C)[C@H]3CC[C@]12C. The Morgan fingerprint density at radius 1 is 1.00 bits per heavy atom. The Labute approximate surface area is 174 Å². The molecule has 0 bridgehead atoms. The number of allylic oxidation sites excluding steroid dienone is 2. The molecule has 1 heterocycles. The van der Waals surface area contributed by atoms with E-state index < -0.39 is 0 Å². The van der Waals surface area contributed by atoms with Crippen molar-refractivity contribution in [2.24, 2.45) is 46.3 Å². The molecule has 5 aliphatic rings. The minimum Gasteiger partial charge on any atom is -0.370 e.